The van der Waals surface area contributed by atoms with Crippen molar-refractivity contribution in [2.75, 3.05) is 0 Å². The number of aromatic nitrogens is 4. The number of nitrogens with zero attached hydrogens (tertiary/aromatic N) is 4. The standard InChI is InChI=1S/C22H21BF3N5O2/c1-21(2,3)30-8-7-13(11-30)20(32)27-10-18-28-19(29-33-18)17-9-14-15(23)5-4-6-16(14)31(17)12-22(24,25)26/h4-9,11H,10,12H2,1-3H3,(H,27,32). The van der Waals surface area contributed by atoms with E-state index < -0.39 is 12.7 Å². The fourth-order valence-electron chi connectivity index (χ4n) is 3.48. The number of amides is 1. The lowest BCUT2D eigenvalue weighted by Gasteiger charge is -2.20. The molecule has 33 heavy (non-hydrogen) atoms. The molecule has 1 amide bonds. The van der Waals surface area contributed by atoms with Crippen LogP contribution in [0.4, 0.5) is 13.2 Å². The minimum atomic E-state index is -4.46. The molecule has 170 valence electrons. The molecule has 0 aliphatic heterocycles. The summed E-state index contributed by atoms with van der Waals surface area (Å²) < 4.78 is 47.8. The van der Waals surface area contributed by atoms with E-state index in [1.807, 2.05) is 31.5 Å². The van der Waals surface area contributed by atoms with Crippen LogP contribution in [0.2, 0.25) is 0 Å². The van der Waals surface area contributed by atoms with Crippen LogP contribution in [0.5, 0.6) is 0 Å². The zero-order valence-electron chi connectivity index (χ0n) is 18.3. The van der Waals surface area contributed by atoms with Gasteiger partial charge >= 0.3 is 6.18 Å². The molecule has 4 aromatic rings. The summed E-state index contributed by atoms with van der Waals surface area (Å²) in [5, 5.41) is 6.95. The first-order valence-electron chi connectivity index (χ1n) is 10.2. The summed E-state index contributed by atoms with van der Waals surface area (Å²) in [6.45, 7) is 4.73. The van der Waals surface area contributed by atoms with E-state index in [9.17, 15) is 18.0 Å². The Morgan fingerprint density at radius 3 is 2.64 bits per heavy atom. The Kier molecular flexibility index (Phi) is 5.59. The molecule has 1 aromatic carbocycles. The van der Waals surface area contributed by atoms with Crippen LogP contribution in [0.3, 0.4) is 0 Å². The van der Waals surface area contributed by atoms with E-state index in [1.165, 1.54) is 6.07 Å². The van der Waals surface area contributed by atoms with Gasteiger partial charge in [0.25, 0.3) is 5.91 Å². The first kappa shape index (κ1) is 22.7. The molecular formula is C22H21BF3N5O2. The van der Waals surface area contributed by atoms with Crippen molar-refractivity contribution in [2.45, 2.75) is 45.6 Å². The summed E-state index contributed by atoms with van der Waals surface area (Å²) >= 11 is 0. The highest BCUT2D eigenvalue weighted by Crippen LogP contribution is 2.29. The summed E-state index contributed by atoms with van der Waals surface area (Å²) in [6, 6.07) is 7.93. The zero-order valence-corrected chi connectivity index (χ0v) is 18.3. The molecule has 0 bridgehead atoms. The molecule has 3 heterocycles. The molecule has 3 aromatic heterocycles. The number of nitrogens with one attached hydrogen (secondary N) is 1. The lowest BCUT2D eigenvalue weighted by Crippen LogP contribution is -2.23. The molecule has 0 saturated heterocycles. The van der Waals surface area contributed by atoms with E-state index in [0.29, 0.717) is 21.9 Å². The molecule has 0 unspecified atom stereocenters. The van der Waals surface area contributed by atoms with Crippen LogP contribution >= 0.6 is 0 Å². The Hall–Kier alpha value is -3.50. The fourth-order valence-corrected chi connectivity index (χ4v) is 3.48. The Bertz CT molecular complexity index is 1310. The Balaban J connectivity index is 1.56. The topological polar surface area (TPSA) is 77.9 Å². The van der Waals surface area contributed by atoms with E-state index in [4.69, 9.17) is 12.4 Å². The third-order valence-corrected chi connectivity index (χ3v) is 5.14. The van der Waals surface area contributed by atoms with Crippen LogP contribution in [0.1, 0.15) is 37.0 Å². The van der Waals surface area contributed by atoms with E-state index in [1.54, 1.807) is 30.5 Å². The van der Waals surface area contributed by atoms with Gasteiger partial charge in [-0.05, 0) is 44.4 Å². The van der Waals surface area contributed by atoms with Gasteiger partial charge in [-0.1, -0.05) is 22.8 Å². The van der Waals surface area contributed by atoms with Crippen molar-refractivity contribution < 1.29 is 22.5 Å². The van der Waals surface area contributed by atoms with Gasteiger partial charge in [0.2, 0.25) is 11.7 Å². The van der Waals surface area contributed by atoms with Crippen molar-refractivity contribution >= 4 is 30.1 Å². The molecule has 0 saturated carbocycles. The quantitative estimate of drug-likeness (QED) is 0.467. The maximum Gasteiger partial charge on any atom is 0.406 e. The number of alkyl halides is 3. The summed E-state index contributed by atoms with van der Waals surface area (Å²) in [6.07, 6.45) is -0.922. The second kappa shape index (κ2) is 8.13. The van der Waals surface area contributed by atoms with E-state index in [-0.39, 0.29) is 35.4 Å². The number of hydrogen-bond donors (Lipinski definition) is 1. The smallest absolute Gasteiger partial charge is 0.348 e. The number of rotatable bonds is 5. The van der Waals surface area contributed by atoms with Gasteiger partial charge in [0.1, 0.15) is 14.4 Å². The molecule has 0 atom stereocenters. The van der Waals surface area contributed by atoms with Crippen molar-refractivity contribution in [1.82, 2.24) is 24.6 Å². The first-order valence-corrected chi connectivity index (χ1v) is 10.2. The first-order chi connectivity index (χ1) is 15.4. The van der Waals surface area contributed by atoms with Crippen LogP contribution in [0, 0.1) is 0 Å². The van der Waals surface area contributed by atoms with Gasteiger partial charge in [-0.2, -0.15) is 18.2 Å². The number of hydrogen-bond acceptors (Lipinski definition) is 4. The number of carbonyl (C=O) groups excluding carboxylic acids is 1. The monoisotopic (exact) mass is 455 g/mol. The Morgan fingerprint density at radius 2 is 1.97 bits per heavy atom. The molecule has 0 spiro atoms. The molecule has 1 N–H and O–H groups in total. The third kappa shape index (κ3) is 4.81. The minimum absolute atomic E-state index is 0.0296. The number of fused-ring (bicyclic) bond motifs is 1. The fraction of sp³-hybridized carbons (Fsp3) is 0.318. The average Bonchev–Trinajstić information content (AvgIpc) is 3.44. The Morgan fingerprint density at radius 1 is 1.21 bits per heavy atom. The molecule has 0 fully saturated rings. The number of benzene rings is 1. The maximum atomic E-state index is 13.2. The highest BCUT2D eigenvalue weighted by molar-refractivity contribution is 6.38. The minimum Gasteiger partial charge on any atom is -0.348 e. The highest BCUT2D eigenvalue weighted by atomic mass is 19.4. The number of carbonyl (C=O) groups is 1. The lowest BCUT2D eigenvalue weighted by molar-refractivity contribution is -0.139. The van der Waals surface area contributed by atoms with Crippen molar-refractivity contribution in [2.24, 2.45) is 0 Å². The van der Waals surface area contributed by atoms with Crippen LogP contribution in [0.15, 0.2) is 47.2 Å². The van der Waals surface area contributed by atoms with Gasteiger partial charge in [0, 0.05) is 23.4 Å². The van der Waals surface area contributed by atoms with E-state index in [2.05, 4.69) is 15.5 Å². The molecule has 0 aliphatic rings. The third-order valence-electron chi connectivity index (χ3n) is 5.14. The summed E-state index contributed by atoms with van der Waals surface area (Å²) in [5.41, 5.74) is 1.06. The van der Waals surface area contributed by atoms with Crippen molar-refractivity contribution in [3.05, 3.63) is 54.2 Å². The normalized spacial score (nSPS) is 12.4. The predicted octanol–water partition coefficient (Wildman–Crippen LogP) is 3.53. The van der Waals surface area contributed by atoms with Crippen LogP contribution in [-0.4, -0.2) is 39.2 Å². The van der Waals surface area contributed by atoms with E-state index in [0.717, 1.165) is 4.57 Å². The van der Waals surface area contributed by atoms with Crippen molar-refractivity contribution in [1.29, 1.82) is 0 Å². The van der Waals surface area contributed by atoms with Crippen LogP contribution in [-0.2, 0) is 18.6 Å². The average molecular weight is 455 g/mol. The van der Waals surface area contributed by atoms with E-state index >= 15 is 0 Å². The van der Waals surface area contributed by atoms with Crippen LogP contribution in [0.25, 0.3) is 22.4 Å². The molecule has 4 rings (SSSR count). The van der Waals surface area contributed by atoms with Gasteiger partial charge in [-0.15, -0.1) is 0 Å². The summed E-state index contributed by atoms with van der Waals surface area (Å²) in [4.78, 5) is 16.6. The second-order valence-corrected chi connectivity index (χ2v) is 8.68. The summed E-state index contributed by atoms with van der Waals surface area (Å²) in [7, 11) is 5.94. The molecule has 2 radical (unpaired) electrons. The zero-order chi connectivity index (χ0) is 24.0. The van der Waals surface area contributed by atoms with Crippen molar-refractivity contribution in [3.8, 4) is 11.5 Å². The number of halogens is 3. The van der Waals surface area contributed by atoms with Crippen LogP contribution < -0.4 is 10.8 Å². The predicted molar refractivity (Wildman–Crippen MR) is 117 cm³/mol. The van der Waals surface area contributed by atoms with Gasteiger partial charge in [0.15, 0.2) is 0 Å². The highest BCUT2D eigenvalue weighted by Gasteiger charge is 2.31. The molecule has 0 aliphatic carbocycles. The molecule has 7 nitrogen and oxygen atoms in total. The van der Waals surface area contributed by atoms with Crippen molar-refractivity contribution in [3.63, 3.8) is 0 Å². The van der Waals surface area contributed by atoms with Gasteiger partial charge < -0.3 is 19.0 Å². The second-order valence-electron chi connectivity index (χ2n) is 8.68. The SMILES string of the molecule is [B]c1cccc2c1cc(-c1noc(CNC(=O)c3ccn(C(C)(C)C)c3)n1)n2CC(F)(F)F. The molecular weight excluding hydrogens is 434 g/mol. The van der Waals surface area contributed by atoms with Gasteiger partial charge in [-0.3, -0.25) is 4.79 Å². The lowest BCUT2D eigenvalue weighted by atomic mass is 9.92. The largest absolute Gasteiger partial charge is 0.406 e. The van der Waals surface area contributed by atoms with Gasteiger partial charge in [-0.25, -0.2) is 0 Å². The molecule has 11 heteroatoms. The summed E-state index contributed by atoms with van der Waals surface area (Å²) in [5.74, 6) is -0.305. The maximum absolute atomic E-state index is 13.2. The Labute approximate surface area is 189 Å². The van der Waals surface area contributed by atoms with Gasteiger partial charge in [0.05, 0.1) is 17.8 Å².